The normalized spacial score (nSPS) is 25.1. The van der Waals surface area contributed by atoms with E-state index in [2.05, 4.69) is 28.2 Å². The van der Waals surface area contributed by atoms with Crippen molar-refractivity contribution in [3.63, 3.8) is 0 Å². The molecule has 1 aromatic rings. The average molecular weight is 263 g/mol. The quantitative estimate of drug-likeness (QED) is 0.873. The molecule has 1 saturated carbocycles. The highest BCUT2D eigenvalue weighted by molar-refractivity contribution is 5.48. The molecule has 19 heavy (non-hydrogen) atoms. The van der Waals surface area contributed by atoms with Crippen LogP contribution in [0.4, 0.5) is 5.82 Å². The van der Waals surface area contributed by atoms with Gasteiger partial charge in [-0.05, 0) is 32.9 Å². The monoisotopic (exact) mass is 263 g/mol. The van der Waals surface area contributed by atoms with E-state index in [1.54, 1.807) is 0 Å². The zero-order valence-electron chi connectivity index (χ0n) is 12.1. The van der Waals surface area contributed by atoms with Crippen LogP contribution in [0.2, 0.25) is 0 Å². The first-order chi connectivity index (χ1) is 9.15. The predicted octanol–water partition coefficient (Wildman–Crippen LogP) is 2.10. The molecule has 0 aliphatic heterocycles. The van der Waals surface area contributed by atoms with E-state index in [0.717, 1.165) is 25.1 Å². The van der Waals surface area contributed by atoms with Gasteiger partial charge in [-0.3, -0.25) is 0 Å². The maximum Gasteiger partial charge on any atom is 0.133 e. The lowest BCUT2D eigenvalue weighted by Crippen LogP contribution is -2.44. The number of pyridine rings is 1. The van der Waals surface area contributed by atoms with Gasteiger partial charge in [-0.2, -0.15) is 0 Å². The van der Waals surface area contributed by atoms with Gasteiger partial charge in [0.25, 0.3) is 0 Å². The summed E-state index contributed by atoms with van der Waals surface area (Å²) < 4.78 is 0. The maximum absolute atomic E-state index is 10.2. The van der Waals surface area contributed by atoms with Gasteiger partial charge in [0.2, 0.25) is 0 Å². The first-order valence-corrected chi connectivity index (χ1v) is 7.18. The fourth-order valence-electron chi connectivity index (χ4n) is 2.90. The van der Waals surface area contributed by atoms with Gasteiger partial charge in [0.05, 0.1) is 12.1 Å². The number of likely N-dealkylation sites (N-methyl/N-ethyl adjacent to an activating group) is 1. The number of hydrogen-bond donors (Lipinski definition) is 2. The SMILES string of the molecule is CNC(C)c1cccnc1N(C)C1CCCCC1O. The molecule has 0 radical (unpaired) electrons. The highest BCUT2D eigenvalue weighted by Gasteiger charge is 2.28. The highest BCUT2D eigenvalue weighted by atomic mass is 16.3. The Bertz CT molecular complexity index is 410. The third-order valence-corrected chi connectivity index (χ3v) is 4.24. The van der Waals surface area contributed by atoms with Crippen molar-refractivity contribution in [2.75, 3.05) is 19.0 Å². The maximum atomic E-state index is 10.2. The summed E-state index contributed by atoms with van der Waals surface area (Å²) in [5.41, 5.74) is 1.19. The van der Waals surface area contributed by atoms with Gasteiger partial charge in [-0.25, -0.2) is 4.98 Å². The van der Waals surface area contributed by atoms with Crippen molar-refractivity contribution in [1.82, 2.24) is 10.3 Å². The number of nitrogens with one attached hydrogen (secondary N) is 1. The second kappa shape index (κ2) is 6.35. The van der Waals surface area contributed by atoms with Crippen LogP contribution in [0.5, 0.6) is 0 Å². The Labute approximate surface area is 115 Å². The lowest BCUT2D eigenvalue weighted by molar-refractivity contribution is 0.106. The third-order valence-electron chi connectivity index (χ3n) is 4.24. The standard InChI is InChI=1S/C15H25N3O/c1-11(16-2)12-7-6-10-17-15(12)18(3)13-8-4-5-9-14(13)19/h6-7,10-11,13-14,16,19H,4-5,8-9H2,1-3H3. The molecule has 3 atom stereocenters. The summed E-state index contributed by atoms with van der Waals surface area (Å²) in [7, 11) is 4.00. The van der Waals surface area contributed by atoms with Crippen LogP contribution in [0.15, 0.2) is 18.3 Å². The molecular weight excluding hydrogens is 238 g/mol. The van der Waals surface area contributed by atoms with Gasteiger partial charge < -0.3 is 15.3 Å². The van der Waals surface area contributed by atoms with E-state index in [1.807, 2.05) is 26.4 Å². The number of aliphatic hydroxyl groups is 1. The Morgan fingerprint density at radius 2 is 2.16 bits per heavy atom. The highest BCUT2D eigenvalue weighted by Crippen LogP contribution is 2.29. The second-order valence-corrected chi connectivity index (χ2v) is 5.46. The molecular formula is C15H25N3O. The molecule has 0 saturated heterocycles. The van der Waals surface area contributed by atoms with Crippen LogP contribution in [-0.4, -0.2) is 36.3 Å². The fraction of sp³-hybridized carbons (Fsp3) is 0.667. The smallest absolute Gasteiger partial charge is 0.133 e. The number of aromatic nitrogens is 1. The van der Waals surface area contributed by atoms with Crippen LogP contribution in [0.1, 0.15) is 44.2 Å². The summed E-state index contributed by atoms with van der Waals surface area (Å²) in [6, 6.07) is 4.52. The summed E-state index contributed by atoms with van der Waals surface area (Å²) in [6.45, 7) is 2.13. The number of anilines is 1. The van der Waals surface area contributed by atoms with Crippen LogP contribution in [0.3, 0.4) is 0 Å². The largest absolute Gasteiger partial charge is 0.391 e. The third kappa shape index (κ3) is 3.07. The zero-order chi connectivity index (χ0) is 13.8. The predicted molar refractivity (Wildman–Crippen MR) is 78.4 cm³/mol. The molecule has 2 rings (SSSR count). The van der Waals surface area contributed by atoms with Gasteiger partial charge in [-0.15, -0.1) is 0 Å². The zero-order valence-corrected chi connectivity index (χ0v) is 12.1. The van der Waals surface area contributed by atoms with E-state index in [9.17, 15) is 5.11 Å². The molecule has 106 valence electrons. The van der Waals surface area contributed by atoms with Crippen LogP contribution >= 0.6 is 0 Å². The summed E-state index contributed by atoms with van der Waals surface area (Å²) in [4.78, 5) is 6.69. The van der Waals surface area contributed by atoms with Crippen molar-refractivity contribution >= 4 is 5.82 Å². The summed E-state index contributed by atoms with van der Waals surface area (Å²) >= 11 is 0. The van der Waals surface area contributed by atoms with E-state index >= 15 is 0 Å². The minimum atomic E-state index is -0.238. The Hall–Kier alpha value is -1.13. The molecule has 1 aromatic heterocycles. The van der Waals surface area contributed by atoms with Crippen LogP contribution in [0.25, 0.3) is 0 Å². The van der Waals surface area contributed by atoms with Gasteiger partial charge in [0.1, 0.15) is 5.82 Å². The lowest BCUT2D eigenvalue weighted by Gasteiger charge is -2.37. The van der Waals surface area contributed by atoms with Crippen molar-refractivity contribution < 1.29 is 5.11 Å². The van der Waals surface area contributed by atoms with E-state index in [0.29, 0.717) is 0 Å². The van der Waals surface area contributed by atoms with Crippen LogP contribution in [0, 0.1) is 0 Å². The summed E-state index contributed by atoms with van der Waals surface area (Å²) in [6.07, 6.45) is 5.86. The van der Waals surface area contributed by atoms with Gasteiger partial charge >= 0.3 is 0 Å². The average Bonchev–Trinajstić information content (AvgIpc) is 2.46. The topological polar surface area (TPSA) is 48.4 Å². The van der Waals surface area contributed by atoms with E-state index in [-0.39, 0.29) is 18.2 Å². The minimum Gasteiger partial charge on any atom is -0.391 e. The molecule has 1 aliphatic rings. The van der Waals surface area contributed by atoms with Gasteiger partial charge in [-0.1, -0.05) is 18.9 Å². The number of rotatable bonds is 4. The molecule has 0 aromatic carbocycles. The number of nitrogens with zero attached hydrogens (tertiary/aromatic N) is 2. The Morgan fingerprint density at radius 3 is 2.84 bits per heavy atom. The first-order valence-electron chi connectivity index (χ1n) is 7.18. The Balaban J connectivity index is 2.25. The minimum absolute atomic E-state index is 0.187. The van der Waals surface area contributed by atoms with E-state index in [1.165, 1.54) is 12.0 Å². The van der Waals surface area contributed by atoms with Crippen LogP contribution in [-0.2, 0) is 0 Å². The summed E-state index contributed by atoms with van der Waals surface area (Å²) in [5, 5.41) is 13.5. The molecule has 3 unspecified atom stereocenters. The van der Waals surface area contributed by atoms with Crippen molar-refractivity contribution in [1.29, 1.82) is 0 Å². The van der Waals surface area contributed by atoms with E-state index < -0.39 is 0 Å². The molecule has 1 fully saturated rings. The van der Waals surface area contributed by atoms with Crippen molar-refractivity contribution in [2.24, 2.45) is 0 Å². The Morgan fingerprint density at radius 1 is 1.42 bits per heavy atom. The summed E-state index contributed by atoms with van der Waals surface area (Å²) in [5.74, 6) is 0.982. The molecule has 2 N–H and O–H groups in total. The lowest BCUT2D eigenvalue weighted by atomic mass is 9.91. The van der Waals surface area contributed by atoms with Crippen molar-refractivity contribution in [2.45, 2.75) is 50.8 Å². The van der Waals surface area contributed by atoms with Crippen LogP contribution < -0.4 is 10.2 Å². The molecule has 0 spiro atoms. The van der Waals surface area contributed by atoms with Gasteiger partial charge in [0.15, 0.2) is 0 Å². The molecule has 0 amide bonds. The molecule has 0 bridgehead atoms. The van der Waals surface area contributed by atoms with Crippen molar-refractivity contribution in [3.8, 4) is 0 Å². The molecule has 4 nitrogen and oxygen atoms in total. The first kappa shape index (κ1) is 14.3. The number of aliphatic hydroxyl groups excluding tert-OH is 1. The molecule has 1 heterocycles. The molecule has 4 heteroatoms. The second-order valence-electron chi connectivity index (χ2n) is 5.46. The Kier molecular flexibility index (Phi) is 4.77. The van der Waals surface area contributed by atoms with E-state index in [4.69, 9.17) is 0 Å². The molecule has 1 aliphatic carbocycles. The van der Waals surface area contributed by atoms with Gasteiger partial charge in [0, 0.05) is 24.8 Å². The fourth-order valence-corrected chi connectivity index (χ4v) is 2.90. The number of hydrogen-bond acceptors (Lipinski definition) is 4. The van der Waals surface area contributed by atoms with Crippen molar-refractivity contribution in [3.05, 3.63) is 23.9 Å².